The van der Waals surface area contributed by atoms with Crippen molar-refractivity contribution < 1.29 is 28.7 Å². The van der Waals surface area contributed by atoms with Crippen LogP contribution >= 0.6 is 11.6 Å². The molecule has 0 saturated carbocycles. The Labute approximate surface area is 190 Å². The monoisotopic (exact) mass is 466 g/mol. The van der Waals surface area contributed by atoms with Gasteiger partial charge in [0.05, 0.1) is 13.2 Å². The lowest BCUT2D eigenvalue weighted by Crippen LogP contribution is -2.12. The van der Waals surface area contributed by atoms with Crippen molar-refractivity contribution in [3.63, 3.8) is 0 Å². The molecule has 0 saturated heterocycles. The van der Waals surface area contributed by atoms with Gasteiger partial charge in [-0.25, -0.2) is 0 Å². The normalized spacial score (nSPS) is 11.7. The van der Waals surface area contributed by atoms with Gasteiger partial charge in [-0.1, -0.05) is 41.9 Å². The highest BCUT2D eigenvalue weighted by atomic mass is 35.5. The van der Waals surface area contributed by atoms with E-state index in [1.54, 1.807) is 18.2 Å². The number of rotatable bonds is 13. The van der Waals surface area contributed by atoms with E-state index in [9.17, 15) is 19.2 Å². The molecule has 31 heavy (non-hydrogen) atoms. The smallest absolute Gasteiger partial charge is 0.306 e. The minimum atomic E-state index is -1.28. The SMILES string of the molecule is O=C(CCC[S+]([O-])c1ccc(Cl)c(CO)c1)OCCCCC(=O)OCc1ccccc1. The van der Waals surface area contributed by atoms with Crippen molar-refractivity contribution in [2.45, 2.75) is 50.2 Å². The predicted octanol–water partition coefficient (Wildman–Crippen LogP) is 4.18. The topological polar surface area (TPSA) is 95.9 Å². The molecule has 0 amide bonds. The minimum absolute atomic E-state index is 0.172. The first-order valence-corrected chi connectivity index (χ1v) is 11.8. The number of esters is 2. The molecule has 0 radical (unpaired) electrons. The van der Waals surface area contributed by atoms with Gasteiger partial charge >= 0.3 is 11.9 Å². The molecule has 1 atom stereocenters. The zero-order valence-electron chi connectivity index (χ0n) is 17.3. The number of unbranched alkanes of at least 4 members (excludes halogenated alkanes) is 1. The summed E-state index contributed by atoms with van der Waals surface area (Å²) in [5.41, 5.74) is 1.46. The van der Waals surface area contributed by atoms with Gasteiger partial charge in [0.25, 0.3) is 0 Å². The van der Waals surface area contributed by atoms with Gasteiger partial charge < -0.3 is 19.1 Å². The highest BCUT2D eigenvalue weighted by molar-refractivity contribution is 7.91. The molecule has 8 heteroatoms. The molecule has 2 aromatic carbocycles. The van der Waals surface area contributed by atoms with E-state index in [0.717, 1.165) is 5.56 Å². The second-order valence-electron chi connectivity index (χ2n) is 6.89. The lowest BCUT2D eigenvalue weighted by molar-refractivity contribution is -0.145. The van der Waals surface area contributed by atoms with Crippen molar-refractivity contribution >= 4 is 34.7 Å². The van der Waals surface area contributed by atoms with E-state index in [1.807, 2.05) is 30.3 Å². The number of aliphatic hydroxyl groups excluding tert-OH is 1. The van der Waals surface area contributed by atoms with E-state index >= 15 is 0 Å². The summed E-state index contributed by atoms with van der Waals surface area (Å²) in [5, 5.41) is 9.66. The molecule has 1 unspecified atom stereocenters. The minimum Gasteiger partial charge on any atom is -0.611 e. The molecular weight excluding hydrogens is 440 g/mol. The molecule has 1 N–H and O–H groups in total. The van der Waals surface area contributed by atoms with Crippen LogP contribution in [0.5, 0.6) is 0 Å². The number of hydrogen-bond donors (Lipinski definition) is 1. The number of aliphatic hydroxyl groups is 1. The van der Waals surface area contributed by atoms with Crippen molar-refractivity contribution in [1.29, 1.82) is 0 Å². The van der Waals surface area contributed by atoms with Crippen molar-refractivity contribution in [3.05, 3.63) is 64.7 Å². The highest BCUT2D eigenvalue weighted by Gasteiger charge is 2.14. The molecule has 0 aliphatic heterocycles. The summed E-state index contributed by atoms with van der Waals surface area (Å²) in [4.78, 5) is 24.1. The summed E-state index contributed by atoms with van der Waals surface area (Å²) in [7, 11) is 0. The van der Waals surface area contributed by atoms with Gasteiger partial charge in [0.2, 0.25) is 0 Å². The molecule has 0 aromatic heterocycles. The average Bonchev–Trinajstić information content (AvgIpc) is 2.78. The Bertz CT molecular complexity index is 830. The molecule has 0 heterocycles. The first-order valence-electron chi connectivity index (χ1n) is 10.1. The second kappa shape index (κ2) is 14.1. The quantitative estimate of drug-likeness (QED) is 0.270. The maximum atomic E-state index is 12.3. The molecule has 0 aliphatic carbocycles. The first kappa shape index (κ1) is 25.2. The average molecular weight is 467 g/mol. The van der Waals surface area contributed by atoms with E-state index in [-0.39, 0.29) is 44.6 Å². The molecule has 0 fully saturated rings. The standard InChI is InChI=1S/C23H27ClO6S/c24-21-12-11-20(15-19(21)16-25)31(28)14-6-10-22(26)29-13-5-4-9-23(27)30-17-18-7-2-1-3-8-18/h1-3,7-8,11-12,15,25H,4-6,9-10,13-14,16-17H2. The van der Waals surface area contributed by atoms with Crippen LogP contribution < -0.4 is 0 Å². The van der Waals surface area contributed by atoms with Crippen LogP contribution in [0.3, 0.4) is 0 Å². The van der Waals surface area contributed by atoms with Crippen LogP contribution in [-0.2, 0) is 43.5 Å². The lowest BCUT2D eigenvalue weighted by Gasteiger charge is -2.12. The van der Waals surface area contributed by atoms with Crippen LogP contribution in [0.15, 0.2) is 53.4 Å². The highest BCUT2D eigenvalue weighted by Crippen LogP contribution is 2.22. The summed E-state index contributed by atoms with van der Waals surface area (Å²) in [6, 6.07) is 14.3. The van der Waals surface area contributed by atoms with Gasteiger partial charge in [-0.05, 0) is 41.7 Å². The number of hydrogen-bond acceptors (Lipinski definition) is 6. The second-order valence-corrected chi connectivity index (χ2v) is 8.87. The zero-order valence-corrected chi connectivity index (χ0v) is 18.8. The van der Waals surface area contributed by atoms with Gasteiger partial charge in [-0.2, -0.15) is 0 Å². The molecule has 2 rings (SSSR count). The number of benzene rings is 2. The van der Waals surface area contributed by atoms with E-state index in [2.05, 4.69) is 0 Å². The molecule has 168 valence electrons. The molecule has 6 nitrogen and oxygen atoms in total. The van der Waals surface area contributed by atoms with Crippen molar-refractivity contribution in [1.82, 2.24) is 0 Å². The van der Waals surface area contributed by atoms with Crippen LogP contribution in [0, 0.1) is 0 Å². The Morgan fingerprint density at radius 1 is 0.968 bits per heavy atom. The third-order valence-corrected chi connectivity index (χ3v) is 6.25. The van der Waals surface area contributed by atoms with Crippen molar-refractivity contribution in [2.75, 3.05) is 12.4 Å². The number of ether oxygens (including phenoxy) is 2. The third-order valence-electron chi connectivity index (χ3n) is 4.44. The Hall–Kier alpha value is -2.06. The maximum absolute atomic E-state index is 12.3. The van der Waals surface area contributed by atoms with Crippen LogP contribution in [0.2, 0.25) is 5.02 Å². The van der Waals surface area contributed by atoms with Gasteiger partial charge in [0.15, 0.2) is 4.90 Å². The van der Waals surface area contributed by atoms with Crippen LogP contribution in [0.25, 0.3) is 0 Å². The fourth-order valence-corrected chi connectivity index (χ4v) is 4.03. The number of carbonyl (C=O) groups is 2. The van der Waals surface area contributed by atoms with E-state index in [1.165, 1.54) is 0 Å². The van der Waals surface area contributed by atoms with E-state index < -0.39 is 11.2 Å². The van der Waals surface area contributed by atoms with Crippen LogP contribution in [0.1, 0.15) is 43.2 Å². The summed E-state index contributed by atoms with van der Waals surface area (Å²) >= 11 is 4.65. The van der Waals surface area contributed by atoms with Gasteiger partial charge in [0, 0.05) is 35.9 Å². The lowest BCUT2D eigenvalue weighted by atomic mass is 10.2. The van der Waals surface area contributed by atoms with Gasteiger partial charge in [0.1, 0.15) is 12.4 Å². The van der Waals surface area contributed by atoms with E-state index in [0.29, 0.717) is 40.5 Å². The number of carbonyl (C=O) groups excluding carboxylic acids is 2. The van der Waals surface area contributed by atoms with Gasteiger partial charge in [-0.15, -0.1) is 0 Å². The molecule has 2 aromatic rings. The zero-order chi connectivity index (χ0) is 22.5. The van der Waals surface area contributed by atoms with Crippen molar-refractivity contribution in [2.24, 2.45) is 0 Å². The predicted molar refractivity (Wildman–Crippen MR) is 119 cm³/mol. The van der Waals surface area contributed by atoms with Crippen LogP contribution in [-0.4, -0.2) is 34.0 Å². The van der Waals surface area contributed by atoms with Crippen molar-refractivity contribution in [3.8, 4) is 0 Å². The van der Waals surface area contributed by atoms with Crippen LogP contribution in [0.4, 0.5) is 0 Å². The fraction of sp³-hybridized carbons (Fsp3) is 0.391. The molecular formula is C23H27ClO6S. The maximum Gasteiger partial charge on any atom is 0.306 e. The Morgan fingerprint density at radius 3 is 2.42 bits per heavy atom. The Kier molecular flexibility index (Phi) is 11.5. The summed E-state index contributed by atoms with van der Waals surface area (Å²) in [6.07, 6.45) is 2.03. The Morgan fingerprint density at radius 2 is 1.68 bits per heavy atom. The summed E-state index contributed by atoms with van der Waals surface area (Å²) < 4.78 is 22.6. The Balaban J connectivity index is 1.52. The van der Waals surface area contributed by atoms with E-state index in [4.69, 9.17) is 21.1 Å². The third kappa shape index (κ3) is 9.74. The summed E-state index contributed by atoms with van der Waals surface area (Å²) in [6.45, 7) is 0.277. The van der Waals surface area contributed by atoms with Gasteiger partial charge in [-0.3, -0.25) is 9.59 Å². The molecule has 0 spiro atoms. The number of halogens is 1. The largest absolute Gasteiger partial charge is 0.611 e. The molecule has 0 bridgehead atoms. The molecule has 0 aliphatic rings. The summed E-state index contributed by atoms with van der Waals surface area (Å²) in [5.74, 6) is -0.311. The fourth-order valence-electron chi connectivity index (χ4n) is 2.72. The first-order chi connectivity index (χ1) is 15.0.